The van der Waals surface area contributed by atoms with Crippen LogP contribution in [0, 0.1) is 5.92 Å². The van der Waals surface area contributed by atoms with Gasteiger partial charge in [-0.1, -0.05) is 0 Å². The van der Waals surface area contributed by atoms with E-state index in [1.165, 1.54) is 12.0 Å². The summed E-state index contributed by atoms with van der Waals surface area (Å²) in [4.78, 5) is 25.1. The zero-order chi connectivity index (χ0) is 14.6. The number of amides is 1. The van der Waals surface area contributed by atoms with E-state index in [9.17, 15) is 14.7 Å². The molecule has 1 saturated heterocycles. The molecular formula is C13H23NO5. The van der Waals surface area contributed by atoms with Crippen LogP contribution in [-0.2, 0) is 14.3 Å². The van der Waals surface area contributed by atoms with Gasteiger partial charge in [-0.25, -0.2) is 4.79 Å². The number of ether oxygens (including phenoxy) is 2. The molecule has 19 heavy (non-hydrogen) atoms. The van der Waals surface area contributed by atoms with Crippen molar-refractivity contribution in [3.63, 3.8) is 0 Å². The van der Waals surface area contributed by atoms with Crippen LogP contribution in [0.25, 0.3) is 0 Å². The van der Waals surface area contributed by atoms with Gasteiger partial charge in [0.15, 0.2) is 0 Å². The highest BCUT2D eigenvalue weighted by atomic mass is 16.6. The fraction of sp³-hybridized carbons (Fsp3) is 0.846. The van der Waals surface area contributed by atoms with Crippen LogP contribution in [0.1, 0.15) is 33.6 Å². The molecule has 1 amide bonds. The Morgan fingerprint density at radius 3 is 2.42 bits per heavy atom. The molecule has 0 aromatic rings. The Bertz CT molecular complexity index is 336. The van der Waals surface area contributed by atoms with Crippen LogP contribution in [0.4, 0.5) is 4.79 Å². The van der Waals surface area contributed by atoms with Gasteiger partial charge in [-0.2, -0.15) is 0 Å². The van der Waals surface area contributed by atoms with Crippen molar-refractivity contribution in [3.8, 4) is 0 Å². The number of likely N-dealkylation sites (tertiary alicyclic amines) is 1. The monoisotopic (exact) mass is 273 g/mol. The number of methoxy groups -OCH3 is 1. The van der Waals surface area contributed by atoms with Gasteiger partial charge in [-0.3, -0.25) is 4.79 Å². The van der Waals surface area contributed by atoms with Crippen LogP contribution in [0.3, 0.4) is 0 Å². The first-order valence-electron chi connectivity index (χ1n) is 6.46. The number of carbonyl (C=O) groups excluding carboxylic acids is 2. The number of rotatable bonds is 2. The molecule has 0 radical (unpaired) electrons. The first-order chi connectivity index (χ1) is 8.78. The van der Waals surface area contributed by atoms with Crippen LogP contribution in [0.5, 0.6) is 0 Å². The summed E-state index contributed by atoms with van der Waals surface area (Å²) in [7, 11) is 1.33. The van der Waals surface area contributed by atoms with E-state index in [0.29, 0.717) is 12.8 Å². The third-order valence-corrected chi connectivity index (χ3v) is 3.08. The Balaban J connectivity index is 2.75. The second kappa shape index (κ2) is 6.23. The highest BCUT2D eigenvalue weighted by Gasteiger charge is 2.36. The molecule has 1 N–H and O–H groups in total. The predicted molar refractivity (Wildman–Crippen MR) is 68.6 cm³/mol. The lowest BCUT2D eigenvalue weighted by molar-refractivity contribution is -0.147. The molecule has 110 valence electrons. The summed E-state index contributed by atoms with van der Waals surface area (Å²) in [6.07, 6.45) is 0.673. The number of aliphatic hydroxyl groups is 1. The lowest BCUT2D eigenvalue weighted by Crippen LogP contribution is -2.51. The maximum absolute atomic E-state index is 12.1. The van der Waals surface area contributed by atoms with Crippen molar-refractivity contribution in [2.45, 2.75) is 45.3 Å². The smallest absolute Gasteiger partial charge is 0.410 e. The van der Waals surface area contributed by atoms with Crippen LogP contribution < -0.4 is 0 Å². The Hall–Kier alpha value is -1.30. The zero-order valence-electron chi connectivity index (χ0n) is 12.0. The van der Waals surface area contributed by atoms with E-state index in [-0.39, 0.29) is 31.1 Å². The maximum atomic E-state index is 12.1. The normalized spacial score (nSPS) is 23.9. The standard InChI is InChI=1S/C13H23NO5/c1-13(2,3)19-12(17)14-7-9(11(16)18-4)5-6-10(14)8-15/h9-10,15H,5-8H2,1-4H3. The minimum Gasteiger partial charge on any atom is -0.469 e. The highest BCUT2D eigenvalue weighted by Crippen LogP contribution is 2.24. The molecule has 1 aliphatic rings. The summed E-state index contributed by atoms with van der Waals surface area (Å²) in [5, 5.41) is 9.33. The molecule has 1 heterocycles. The molecule has 0 spiro atoms. The van der Waals surface area contributed by atoms with Crippen molar-refractivity contribution in [1.82, 2.24) is 4.90 Å². The third-order valence-electron chi connectivity index (χ3n) is 3.08. The lowest BCUT2D eigenvalue weighted by Gasteiger charge is -2.38. The van der Waals surface area contributed by atoms with Crippen molar-refractivity contribution in [1.29, 1.82) is 0 Å². The second-order valence-electron chi connectivity index (χ2n) is 5.77. The average molecular weight is 273 g/mol. The summed E-state index contributed by atoms with van der Waals surface area (Å²) in [5.41, 5.74) is -0.602. The molecule has 0 aromatic carbocycles. The van der Waals surface area contributed by atoms with Crippen molar-refractivity contribution < 1.29 is 24.2 Å². The number of aliphatic hydroxyl groups excluding tert-OH is 1. The van der Waals surface area contributed by atoms with E-state index in [2.05, 4.69) is 0 Å². The van der Waals surface area contributed by atoms with Gasteiger partial charge in [-0.15, -0.1) is 0 Å². The summed E-state index contributed by atoms with van der Waals surface area (Å²) in [6, 6.07) is -0.296. The predicted octanol–water partition coefficient (Wildman–Crippen LogP) is 1.17. The van der Waals surface area contributed by atoms with Gasteiger partial charge in [0.25, 0.3) is 0 Å². The lowest BCUT2D eigenvalue weighted by atomic mass is 9.93. The maximum Gasteiger partial charge on any atom is 0.410 e. The second-order valence-corrected chi connectivity index (χ2v) is 5.77. The van der Waals surface area contributed by atoms with Gasteiger partial charge in [0.05, 0.1) is 25.7 Å². The minimum absolute atomic E-state index is 0.132. The van der Waals surface area contributed by atoms with E-state index in [1.54, 1.807) is 20.8 Å². The number of esters is 1. The Kier molecular flexibility index (Phi) is 5.17. The highest BCUT2D eigenvalue weighted by molar-refractivity contribution is 5.75. The molecule has 2 atom stereocenters. The van der Waals surface area contributed by atoms with Crippen LogP contribution in [0.15, 0.2) is 0 Å². The first-order valence-corrected chi connectivity index (χ1v) is 6.46. The number of nitrogens with zero attached hydrogens (tertiary/aromatic N) is 1. The van der Waals surface area contributed by atoms with Gasteiger partial charge in [0.2, 0.25) is 0 Å². The fourth-order valence-corrected chi connectivity index (χ4v) is 2.12. The molecule has 0 aromatic heterocycles. The topological polar surface area (TPSA) is 76.1 Å². The average Bonchev–Trinajstić information content (AvgIpc) is 2.35. The third kappa shape index (κ3) is 4.38. The Morgan fingerprint density at radius 1 is 1.32 bits per heavy atom. The quantitative estimate of drug-likeness (QED) is 0.764. The van der Waals surface area contributed by atoms with Crippen LogP contribution in [0.2, 0.25) is 0 Å². The van der Waals surface area contributed by atoms with E-state index >= 15 is 0 Å². The molecule has 2 unspecified atom stereocenters. The van der Waals surface area contributed by atoms with E-state index in [0.717, 1.165) is 0 Å². The van der Waals surface area contributed by atoms with Gasteiger partial charge in [0, 0.05) is 6.54 Å². The summed E-state index contributed by atoms with van der Waals surface area (Å²) in [5.74, 6) is -0.676. The zero-order valence-corrected chi connectivity index (χ0v) is 12.0. The fourth-order valence-electron chi connectivity index (χ4n) is 2.12. The van der Waals surface area contributed by atoms with Crippen molar-refractivity contribution in [2.24, 2.45) is 5.92 Å². The van der Waals surface area contributed by atoms with Crippen LogP contribution in [-0.4, -0.2) is 54.0 Å². The largest absolute Gasteiger partial charge is 0.469 e. The SMILES string of the molecule is COC(=O)C1CCC(CO)N(C(=O)OC(C)(C)C)C1. The Morgan fingerprint density at radius 2 is 1.95 bits per heavy atom. The molecule has 1 fully saturated rings. The minimum atomic E-state index is -0.602. The summed E-state index contributed by atoms with van der Waals surface area (Å²) >= 11 is 0. The van der Waals surface area contributed by atoms with E-state index in [4.69, 9.17) is 9.47 Å². The molecule has 6 nitrogen and oxygen atoms in total. The van der Waals surface area contributed by atoms with Crippen LogP contribution >= 0.6 is 0 Å². The number of carbonyl (C=O) groups is 2. The van der Waals surface area contributed by atoms with Crippen molar-refractivity contribution in [3.05, 3.63) is 0 Å². The molecule has 0 aliphatic carbocycles. The molecule has 0 saturated carbocycles. The molecule has 0 bridgehead atoms. The van der Waals surface area contributed by atoms with Gasteiger partial charge < -0.3 is 19.5 Å². The molecule has 1 aliphatic heterocycles. The van der Waals surface area contributed by atoms with Crippen molar-refractivity contribution in [2.75, 3.05) is 20.3 Å². The molecular weight excluding hydrogens is 250 g/mol. The van der Waals surface area contributed by atoms with E-state index < -0.39 is 11.7 Å². The summed E-state index contributed by atoms with van der Waals surface area (Å²) < 4.78 is 10.0. The number of piperidine rings is 1. The van der Waals surface area contributed by atoms with Crippen molar-refractivity contribution >= 4 is 12.1 Å². The number of hydrogen-bond donors (Lipinski definition) is 1. The Labute approximate surface area is 113 Å². The van der Waals surface area contributed by atoms with Gasteiger partial charge in [0.1, 0.15) is 5.60 Å². The molecule has 6 heteroatoms. The molecule has 1 rings (SSSR count). The summed E-state index contributed by atoms with van der Waals surface area (Å²) in [6.45, 7) is 5.43. The van der Waals surface area contributed by atoms with E-state index in [1.807, 2.05) is 0 Å². The first kappa shape index (κ1) is 15.8. The van der Waals surface area contributed by atoms with Gasteiger partial charge in [-0.05, 0) is 33.6 Å². The number of hydrogen-bond acceptors (Lipinski definition) is 5. The van der Waals surface area contributed by atoms with Gasteiger partial charge >= 0.3 is 12.1 Å².